The van der Waals surface area contributed by atoms with Crippen LogP contribution < -0.4 is 0 Å². The van der Waals surface area contributed by atoms with Crippen molar-refractivity contribution in [1.29, 1.82) is 0 Å². The van der Waals surface area contributed by atoms with Crippen LogP contribution in [0.5, 0.6) is 0 Å². The Morgan fingerprint density at radius 3 is 2.38 bits per heavy atom. The zero-order valence-corrected chi connectivity index (χ0v) is 13.8. The maximum atomic E-state index is 9.44. The Balaban J connectivity index is 1.44. The summed E-state index contributed by atoms with van der Waals surface area (Å²) in [5, 5.41) is 13.0. The molecule has 0 amide bonds. The summed E-state index contributed by atoms with van der Waals surface area (Å²) in [6, 6.07) is 19.3. The summed E-state index contributed by atoms with van der Waals surface area (Å²) < 4.78 is 0. The van der Waals surface area contributed by atoms with E-state index in [4.69, 9.17) is 0 Å². The van der Waals surface area contributed by atoms with Crippen molar-refractivity contribution in [2.24, 2.45) is 5.16 Å². The molecule has 124 valence electrons. The van der Waals surface area contributed by atoms with Crippen molar-refractivity contribution in [1.82, 2.24) is 9.80 Å². The summed E-state index contributed by atoms with van der Waals surface area (Å²) in [4.78, 5) is 4.96. The van der Waals surface area contributed by atoms with Crippen molar-refractivity contribution in [3.05, 3.63) is 71.3 Å². The van der Waals surface area contributed by atoms with Gasteiger partial charge in [-0.15, -0.1) is 0 Å². The largest absolute Gasteiger partial charge is 0.411 e. The number of nitrogens with zero attached hydrogens (tertiary/aromatic N) is 3. The van der Waals surface area contributed by atoms with Gasteiger partial charge in [0.05, 0.1) is 11.8 Å². The van der Waals surface area contributed by atoms with E-state index < -0.39 is 0 Å². The van der Waals surface area contributed by atoms with Crippen molar-refractivity contribution in [2.45, 2.75) is 19.0 Å². The van der Waals surface area contributed by atoms with E-state index in [9.17, 15) is 5.21 Å². The molecular weight excluding hydrogens is 298 g/mol. The fourth-order valence-electron chi connectivity index (χ4n) is 3.95. The van der Waals surface area contributed by atoms with Gasteiger partial charge in [0.2, 0.25) is 0 Å². The van der Waals surface area contributed by atoms with Crippen molar-refractivity contribution >= 4 is 5.71 Å². The molecule has 1 heterocycles. The van der Waals surface area contributed by atoms with Gasteiger partial charge in [0.15, 0.2) is 0 Å². The standard InChI is InChI=1S/C20H23N3O/c24-21-19-14-17-8-4-5-9-18(17)20(19)23-12-10-22(11-13-23)15-16-6-2-1-3-7-16/h1-9,20,24H,10-15H2/b21-19+. The first-order chi connectivity index (χ1) is 11.8. The molecule has 2 aromatic rings. The topological polar surface area (TPSA) is 39.1 Å². The molecule has 1 aliphatic heterocycles. The van der Waals surface area contributed by atoms with Crippen LogP contribution in [0.3, 0.4) is 0 Å². The van der Waals surface area contributed by atoms with Crippen molar-refractivity contribution < 1.29 is 5.21 Å². The second-order valence-electron chi connectivity index (χ2n) is 6.67. The van der Waals surface area contributed by atoms with E-state index in [0.29, 0.717) is 0 Å². The first-order valence-electron chi connectivity index (χ1n) is 8.64. The molecule has 4 heteroatoms. The molecule has 1 fully saturated rings. The minimum absolute atomic E-state index is 0.144. The summed E-state index contributed by atoms with van der Waals surface area (Å²) in [6.45, 7) is 5.12. The molecule has 0 bridgehead atoms. The van der Waals surface area contributed by atoms with Gasteiger partial charge < -0.3 is 5.21 Å². The lowest BCUT2D eigenvalue weighted by molar-refractivity contribution is 0.112. The van der Waals surface area contributed by atoms with Crippen molar-refractivity contribution in [2.75, 3.05) is 26.2 Å². The number of piperazine rings is 1. The molecule has 0 radical (unpaired) electrons. The number of benzene rings is 2. The highest BCUT2D eigenvalue weighted by Crippen LogP contribution is 2.34. The lowest BCUT2D eigenvalue weighted by Crippen LogP contribution is -2.48. The fraction of sp³-hybridized carbons (Fsp3) is 0.350. The summed E-state index contributed by atoms with van der Waals surface area (Å²) in [6.07, 6.45) is 0.765. The average Bonchev–Trinajstić information content (AvgIpc) is 3.02. The molecule has 0 saturated carbocycles. The number of fused-ring (bicyclic) bond motifs is 1. The van der Waals surface area contributed by atoms with E-state index in [2.05, 4.69) is 69.6 Å². The maximum Gasteiger partial charge on any atom is 0.0831 e. The number of oxime groups is 1. The summed E-state index contributed by atoms with van der Waals surface area (Å²) in [7, 11) is 0. The Labute approximate surface area is 143 Å². The molecule has 1 aliphatic carbocycles. The van der Waals surface area contributed by atoms with Crippen molar-refractivity contribution in [3.8, 4) is 0 Å². The Kier molecular flexibility index (Phi) is 4.32. The van der Waals surface area contributed by atoms with Crippen LogP contribution in [-0.2, 0) is 13.0 Å². The molecular formula is C20H23N3O. The van der Waals surface area contributed by atoms with E-state index in [1.807, 2.05) is 0 Å². The van der Waals surface area contributed by atoms with Crippen LogP contribution in [0.4, 0.5) is 0 Å². The lowest BCUT2D eigenvalue weighted by atomic mass is 10.1. The van der Waals surface area contributed by atoms with E-state index in [0.717, 1.165) is 44.9 Å². The lowest BCUT2D eigenvalue weighted by Gasteiger charge is -2.38. The quantitative estimate of drug-likeness (QED) is 0.698. The minimum atomic E-state index is 0.144. The van der Waals surface area contributed by atoms with Gasteiger partial charge in [-0.1, -0.05) is 59.8 Å². The molecule has 4 rings (SSSR count). The second-order valence-corrected chi connectivity index (χ2v) is 6.67. The monoisotopic (exact) mass is 321 g/mol. The predicted molar refractivity (Wildman–Crippen MR) is 95.4 cm³/mol. The van der Waals surface area contributed by atoms with E-state index >= 15 is 0 Å². The van der Waals surface area contributed by atoms with Gasteiger partial charge in [0.25, 0.3) is 0 Å². The van der Waals surface area contributed by atoms with Gasteiger partial charge in [-0.05, 0) is 16.7 Å². The molecule has 4 nitrogen and oxygen atoms in total. The maximum absolute atomic E-state index is 9.44. The van der Waals surface area contributed by atoms with Crippen molar-refractivity contribution in [3.63, 3.8) is 0 Å². The zero-order valence-electron chi connectivity index (χ0n) is 13.8. The van der Waals surface area contributed by atoms with Gasteiger partial charge in [0, 0.05) is 39.1 Å². The SMILES string of the molecule is O/N=C1\Cc2ccccc2C1N1CCN(Cc2ccccc2)CC1. The third-order valence-electron chi connectivity index (χ3n) is 5.19. The van der Waals surface area contributed by atoms with Gasteiger partial charge in [0.1, 0.15) is 0 Å². The van der Waals surface area contributed by atoms with Crippen LogP contribution in [-0.4, -0.2) is 46.9 Å². The molecule has 1 unspecified atom stereocenters. The Morgan fingerprint density at radius 2 is 1.62 bits per heavy atom. The predicted octanol–water partition coefficient (Wildman–Crippen LogP) is 2.93. The number of hydrogen-bond donors (Lipinski definition) is 1. The Morgan fingerprint density at radius 1 is 0.917 bits per heavy atom. The van der Waals surface area contributed by atoms with Gasteiger partial charge in [-0.25, -0.2) is 0 Å². The second kappa shape index (κ2) is 6.75. The zero-order chi connectivity index (χ0) is 16.4. The number of hydrogen-bond acceptors (Lipinski definition) is 4. The first kappa shape index (κ1) is 15.4. The van der Waals surface area contributed by atoms with Crippen LogP contribution in [0, 0.1) is 0 Å². The van der Waals surface area contributed by atoms with E-state index in [1.54, 1.807) is 0 Å². The molecule has 2 aromatic carbocycles. The van der Waals surface area contributed by atoms with Crippen LogP contribution in [0.2, 0.25) is 0 Å². The average molecular weight is 321 g/mol. The van der Waals surface area contributed by atoms with Gasteiger partial charge >= 0.3 is 0 Å². The Hall–Kier alpha value is -2.17. The third kappa shape index (κ3) is 2.95. The van der Waals surface area contributed by atoms with Gasteiger partial charge in [-0.2, -0.15) is 0 Å². The molecule has 1 N–H and O–H groups in total. The van der Waals surface area contributed by atoms with Crippen LogP contribution in [0.25, 0.3) is 0 Å². The molecule has 1 saturated heterocycles. The molecule has 1 atom stereocenters. The van der Waals surface area contributed by atoms with E-state index in [-0.39, 0.29) is 6.04 Å². The normalized spacial score (nSPS) is 23.5. The van der Waals surface area contributed by atoms with Crippen LogP contribution >= 0.6 is 0 Å². The first-order valence-corrected chi connectivity index (χ1v) is 8.64. The molecule has 24 heavy (non-hydrogen) atoms. The molecule has 2 aliphatic rings. The third-order valence-corrected chi connectivity index (χ3v) is 5.19. The highest BCUT2D eigenvalue weighted by molar-refractivity contribution is 5.96. The smallest absolute Gasteiger partial charge is 0.0831 e. The van der Waals surface area contributed by atoms with E-state index in [1.165, 1.54) is 16.7 Å². The van der Waals surface area contributed by atoms with Gasteiger partial charge in [-0.3, -0.25) is 9.80 Å². The summed E-state index contributed by atoms with van der Waals surface area (Å²) in [5.41, 5.74) is 4.85. The minimum Gasteiger partial charge on any atom is -0.411 e. The summed E-state index contributed by atoms with van der Waals surface area (Å²) in [5.74, 6) is 0. The summed E-state index contributed by atoms with van der Waals surface area (Å²) >= 11 is 0. The van der Waals surface area contributed by atoms with Crippen LogP contribution in [0.1, 0.15) is 22.7 Å². The highest BCUT2D eigenvalue weighted by atomic mass is 16.4. The Bertz CT molecular complexity index is 721. The number of rotatable bonds is 3. The molecule has 0 aromatic heterocycles. The van der Waals surface area contributed by atoms with Crippen LogP contribution in [0.15, 0.2) is 59.8 Å². The molecule has 0 spiro atoms. The fourth-order valence-corrected chi connectivity index (χ4v) is 3.95. The highest BCUT2D eigenvalue weighted by Gasteiger charge is 2.35.